The number of halogens is 2. The molecule has 0 aliphatic carbocycles. The molecular formula is C23H24Cl2N4S. The molecule has 2 atom stereocenters. The van der Waals surface area contributed by atoms with Crippen LogP contribution in [0.3, 0.4) is 0 Å². The molecule has 2 aromatic heterocycles. The Bertz CT molecular complexity index is 1080. The van der Waals surface area contributed by atoms with Crippen LogP contribution in [0.15, 0.2) is 48.7 Å². The molecule has 0 radical (unpaired) electrons. The molecule has 0 saturated carbocycles. The largest absolute Gasteiger partial charge is 0.352 e. The van der Waals surface area contributed by atoms with Crippen LogP contribution in [0.4, 0.5) is 0 Å². The Balaban J connectivity index is 1.85. The maximum Gasteiger partial charge on any atom is 0.170 e. The van der Waals surface area contributed by atoms with Gasteiger partial charge in [0.05, 0.1) is 28.5 Å². The highest BCUT2D eigenvalue weighted by Gasteiger charge is 2.41. The van der Waals surface area contributed by atoms with Gasteiger partial charge in [-0.25, -0.2) is 0 Å². The molecule has 1 aliphatic rings. The first-order valence-electron chi connectivity index (χ1n) is 10.0. The molecule has 1 aromatic carbocycles. The van der Waals surface area contributed by atoms with E-state index in [0.29, 0.717) is 10.0 Å². The molecule has 0 amide bonds. The third kappa shape index (κ3) is 3.70. The molecule has 3 aromatic rings. The van der Waals surface area contributed by atoms with Crippen molar-refractivity contribution in [3.8, 4) is 5.69 Å². The Morgan fingerprint density at radius 2 is 1.93 bits per heavy atom. The van der Waals surface area contributed by atoms with Gasteiger partial charge in [-0.2, -0.15) is 0 Å². The third-order valence-electron chi connectivity index (χ3n) is 5.60. The Kier molecular flexibility index (Phi) is 6.05. The van der Waals surface area contributed by atoms with Gasteiger partial charge in [0.15, 0.2) is 5.11 Å². The summed E-state index contributed by atoms with van der Waals surface area (Å²) in [6, 6.07) is 13.9. The first kappa shape index (κ1) is 21.2. The highest BCUT2D eigenvalue weighted by atomic mass is 35.5. The van der Waals surface area contributed by atoms with Crippen molar-refractivity contribution >= 4 is 40.5 Å². The number of benzene rings is 1. The SMILES string of the molecule is CCCN1C(=S)N[C@H](c2ccccn2)[C@H]1c1cc(C)n(-c2ccc(Cl)cc2Cl)c1C. The minimum absolute atomic E-state index is 0.0140. The predicted octanol–water partition coefficient (Wildman–Crippen LogP) is 6.18. The van der Waals surface area contributed by atoms with Crippen molar-refractivity contribution in [2.75, 3.05) is 6.54 Å². The van der Waals surface area contributed by atoms with Gasteiger partial charge in [-0.05, 0) is 74.4 Å². The number of pyridine rings is 1. The normalized spacial score (nSPS) is 18.7. The number of nitrogens with one attached hydrogen (secondary N) is 1. The van der Waals surface area contributed by atoms with Gasteiger partial charge >= 0.3 is 0 Å². The Morgan fingerprint density at radius 3 is 2.60 bits per heavy atom. The number of aryl methyl sites for hydroxylation is 1. The van der Waals surface area contributed by atoms with Crippen LogP contribution in [-0.4, -0.2) is 26.1 Å². The first-order valence-corrected chi connectivity index (χ1v) is 11.2. The number of hydrogen-bond donors (Lipinski definition) is 1. The highest BCUT2D eigenvalue weighted by Crippen LogP contribution is 2.42. The van der Waals surface area contributed by atoms with Crippen molar-refractivity contribution in [1.82, 2.24) is 19.8 Å². The van der Waals surface area contributed by atoms with Crippen molar-refractivity contribution in [3.63, 3.8) is 0 Å². The topological polar surface area (TPSA) is 33.1 Å². The monoisotopic (exact) mass is 458 g/mol. The van der Waals surface area contributed by atoms with Gasteiger partial charge in [0.1, 0.15) is 0 Å². The molecule has 0 bridgehead atoms. The summed E-state index contributed by atoms with van der Waals surface area (Å²) in [5.74, 6) is 0. The van der Waals surface area contributed by atoms with E-state index in [1.165, 1.54) is 5.56 Å². The zero-order valence-electron chi connectivity index (χ0n) is 17.2. The Morgan fingerprint density at radius 1 is 1.13 bits per heavy atom. The van der Waals surface area contributed by atoms with E-state index in [9.17, 15) is 0 Å². The molecule has 7 heteroatoms. The van der Waals surface area contributed by atoms with E-state index in [2.05, 4.69) is 52.7 Å². The van der Waals surface area contributed by atoms with Crippen LogP contribution < -0.4 is 5.32 Å². The van der Waals surface area contributed by atoms with Crippen LogP contribution in [0, 0.1) is 13.8 Å². The molecule has 1 aliphatic heterocycles. The predicted molar refractivity (Wildman–Crippen MR) is 128 cm³/mol. The van der Waals surface area contributed by atoms with Gasteiger partial charge in [-0.15, -0.1) is 0 Å². The summed E-state index contributed by atoms with van der Waals surface area (Å²) < 4.78 is 2.19. The maximum atomic E-state index is 6.54. The molecule has 0 unspecified atom stereocenters. The van der Waals surface area contributed by atoms with E-state index in [-0.39, 0.29) is 12.1 Å². The number of nitrogens with zero attached hydrogens (tertiary/aromatic N) is 3. The van der Waals surface area contributed by atoms with Gasteiger partial charge in [-0.3, -0.25) is 4.98 Å². The van der Waals surface area contributed by atoms with E-state index in [0.717, 1.165) is 40.8 Å². The number of hydrogen-bond acceptors (Lipinski definition) is 2. The fourth-order valence-corrected chi connectivity index (χ4v) is 5.17. The third-order valence-corrected chi connectivity index (χ3v) is 6.49. The second-order valence-corrected chi connectivity index (χ2v) is 8.81. The van der Waals surface area contributed by atoms with E-state index >= 15 is 0 Å². The molecular weight excluding hydrogens is 435 g/mol. The second kappa shape index (κ2) is 8.58. The number of thiocarbonyl (C=S) groups is 1. The van der Waals surface area contributed by atoms with E-state index in [1.54, 1.807) is 6.07 Å². The molecule has 30 heavy (non-hydrogen) atoms. The summed E-state index contributed by atoms with van der Waals surface area (Å²) >= 11 is 18.4. The van der Waals surface area contributed by atoms with Gasteiger partial charge in [0.2, 0.25) is 0 Å². The summed E-state index contributed by atoms with van der Waals surface area (Å²) in [6.07, 6.45) is 2.84. The van der Waals surface area contributed by atoms with Crippen LogP contribution in [0.2, 0.25) is 10.0 Å². The highest BCUT2D eigenvalue weighted by molar-refractivity contribution is 7.80. The molecule has 156 valence electrons. The van der Waals surface area contributed by atoms with Crippen LogP contribution in [0.1, 0.15) is 48.1 Å². The lowest BCUT2D eigenvalue weighted by Gasteiger charge is -2.27. The smallest absolute Gasteiger partial charge is 0.170 e. The van der Waals surface area contributed by atoms with Gasteiger partial charge in [-0.1, -0.05) is 36.2 Å². The van der Waals surface area contributed by atoms with Crippen molar-refractivity contribution in [1.29, 1.82) is 0 Å². The minimum atomic E-state index is -0.0140. The molecule has 4 rings (SSSR count). The molecule has 1 saturated heterocycles. The zero-order valence-corrected chi connectivity index (χ0v) is 19.5. The average Bonchev–Trinajstić information content (AvgIpc) is 3.19. The minimum Gasteiger partial charge on any atom is -0.352 e. The molecule has 1 N–H and O–H groups in total. The number of rotatable bonds is 5. The van der Waals surface area contributed by atoms with E-state index < -0.39 is 0 Å². The first-order chi connectivity index (χ1) is 14.4. The fourth-order valence-electron chi connectivity index (χ4n) is 4.35. The van der Waals surface area contributed by atoms with Crippen LogP contribution in [0.5, 0.6) is 0 Å². The molecule has 3 heterocycles. The van der Waals surface area contributed by atoms with Crippen molar-refractivity contribution < 1.29 is 0 Å². The molecule has 1 fully saturated rings. The fraction of sp³-hybridized carbons (Fsp3) is 0.304. The van der Waals surface area contributed by atoms with Gasteiger partial charge in [0, 0.05) is 29.2 Å². The Labute approximate surface area is 192 Å². The van der Waals surface area contributed by atoms with Crippen molar-refractivity contribution in [2.24, 2.45) is 0 Å². The van der Waals surface area contributed by atoms with E-state index in [4.69, 9.17) is 35.4 Å². The summed E-state index contributed by atoms with van der Waals surface area (Å²) in [5, 5.41) is 5.53. The Hall–Kier alpha value is -2.08. The van der Waals surface area contributed by atoms with E-state index in [1.807, 2.05) is 30.5 Å². The maximum absolute atomic E-state index is 6.54. The van der Waals surface area contributed by atoms with Crippen molar-refractivity contribution in [3.05, 3.63) is 81.4 Å². The average molecular weight is 459 g/mol. The lowest BCUT2D eigenvalue weighted by atomic mass is 9.96. The summed E-state index contributed by atoms with van der Waals surface area (Å²) in [4.78, 5) is 6.90. The standard InChI is InChI=1S/C23H24Cl2N4S/c1-4-11-28-22(21(27-23(28)30)19-7-5-6-10-26-19)17-12-14(2)29(15(17)3)20-9-8-16(24)13-18(20)25/h5-10,12-13,21-22H,4,11H2,1-3H3,(H,27,30)/t21-,22-/m1/s1. The van der Waals surface area contributed by atoms with Gasteiger partial charge in [0.25, 0.3) is 0 Å². The van der Waals surface area contributed by atoms with Crippen LogP contribution in [-0.2, 0) is 0 Å². The van der Waals surface area contributed by atoms with Crippen LogP contribution >= 0.6 is 35.4 Å². The molecule has 4 nitrogen and oxygen atoms in total. The quantitative estimate of drug-likeness (QED) is 0.462. The summed E-state index contributed by atoms with van der Waals surface area (Å²) in [7, 11) is 0. The molecule has 0 spiro atoms. The summed E-state index contributed by atoms with van der Waals surface area (Å²) in [6.45, 7) is 7.28. The lowest BCUT2D eigenvalue weighted by Crippen LogP contribution is -2.30. The zero-order chi connectivity index (χ0) is 21.4. The van der Waals surface area contributed by atoms with Crippen LogP contribution in [0.25, 0.3) is 5.69 Å². The lowest BCUT2D eigenvalue weighted by molar-refractivity contribution is 0.316. The summed E-state index contributed by atoms with van der Waals surface area (Å²) in [5.41, 5.74) is 5.37. The van der Waals surface area contributed by atoms with Gasteiger partial charge < -0.3 is 14.8 Å². The van der Waals surface area contributed by atoms with Crippen molar-refractivity contribution in [2.45, 2.75) is 39.3 Å². The second-order valence-electron chi connectivity index (χ2n) is 7.58. The number of aromatic nitrogens is 2.